The van der Waals surface area contributed by atoms with E-state index in [-0.39, 0.29) is 42.2 Å². The van der Waals surface area contributed by atoms with E-state index in [1.54, 1.807) is 7.11 Å². The zero-order valence-corrected chi connectivity index (χ0v) is 17.1. The summed E-state index contributed by atoms with van der Waals surface area (Å²) in [5.41, 5.74) is 1.42. The maximum absolute atomic E-state index is 14.9. The molecule has 0 unspecified atom stereocenters. The van der Waals surface area contributed by atoms with E-state index < -0.39 is 23.8 Å². The fraction of sp³-hybridized carbons (Fsp3) is 0.435. The fourth-order valence-corrected chi connectivity index (χ4v) is 5.03. The number of halogens is 2. The van der Waals surface area contributed by atoms with Crippen LogP contribution in [-0.2, 0) is 11.3 Å². The van der Waals surface area contributed by atoms with Gasteiger partial charge >= 0.3 is 6.09 Å². The minimum absolute atomic E-state index is 0.0720. The van der Waals surface area contributed by atoms with E-state index in [9.17, 15) is 13.6 Å². The van der Waals surface area contributed by atoms with E-state index >= 15 is 0 Å². The minimum atomic E-state index is -0.705. The van der Waals surface area contributed by atoms with Crippen molar-refractivity contribution in [1.29, 1.82) is 0 Å². The van der Waals surface area contributed by atoms with Gasteiger partial charge in [-0.15, -0.1) is 0 Å². The zero-order chi connectivity index (χ0) is 21.7. The molecule has 3 aliphatic rings. The van der Waals surface area contributed by atoms with Gasteiger partial charge in [0.25, 0.3) is 0 Å². The topological polar surface area (TPSA) is 62.2 Å². The molecule has 5 rings (SSSR count). The number of fused-ring (bicyclic) bond motifs is 1. The quantitative estimate of drug-likeness (QED) is 0.763. The van der Waals surface area contributed by atoms with E-state index in [4.69, 9.17) is 14.6 Å². The summed E-state index contributed by atoms with van der Waals surface area (Å²) in [7, 11) is 1.64. The van der Waals surface area contributed by atoms with Crippen molar-refractivity contribution in [2.45, 2.75) is 18.6 Å². The number of hydrogen-bond acceptors (Lipinski definition) is 5. The third kappa shape index (κ3) is 3.64. The Labute approximate surface area is 179 Å². The molecule has 4 atom stereocenters. The number of anilines is 1. The Bertz CT molecular complexity index is 965. The first-order valence-electron chi connectivity index (χ1n) is 10.4. The second-order valence-electron chi connectivity index (χ2n) is 8.52. The lowest BCUT2D eigenvalue weighted by Crippen LogP contribution is -2.26. The number of cyclic esters (lactones) is 1. The van der Waals surface area contributed by atoms with Gasteiger partial charge in [-0.1, -0.05) is 12.1 Å². The number of piperidine rings is 1. The van der Waals surface area contributed by atoms with Crippen LogP contribution in [0.15, 0.2) is 36.4 Å². The Morgan fingerprint density at radius 3 is 2.29 bits per heavy atom. The van der Waals surface area contributed by atoms with E-state index in [2.05, 4.69) is 4.90 Å². The van der Waals surface area contributed by atoms with Crippen LogP contribution in [0.5, 0.6) is 5.75 Å². The smallest absolute Gasteiger partial charge is 0.414 e. The molecule has 1 saturated carbocycles. The van der Waals surface area contributed by atoms with E-state index in [0.717, 1.165) is 30.3 Å². The SMILES string of the molecule is COc1ccc(CN2C[C@@H]3[C@H](C2)[C@H]3c2c(F)cc(N3C[C@H](CO)OC3=O)cc2F)cc1. The van der Waals surface area contributed by atoms with Crippen molar-refractivity contribution in [3.63, 3.8) is 0 Å². The standard InChI is InChI=1S/C23H24F2N2O4/c1-30-15-4-2-13(3-5-15)8-26-10-17-18(11-26)21(17)22-19(24)6-14(7-20(22)25)27-9-16(12-28)31-23(27)29/h2-7,16-18,21,28H,8-12H2,1H3/t16-,17-,18+,21+/m1/s1. The van der Waals surface area contributed by atoms with Gasteiger partial charge in [-0.05, 0) is 47.6 Å². The maximum Gasteiger partial charge on any atom is 0.414 e. The largest absolute Gasteiger partial charge is 0.497 e. The molecule has 0 bridgehead atoms. The molecule has 2 saturated heterocycles. The van der Waals surface area contributed by atoms with E-state index in [1.807, 2.05) is 24.3 Å². The number of nitrogens with zero attached hydrogens (tertiary/aromatic N) is 2. The van der Waals surface area contributed by atoms with Crippen molar-refractivity contribution in [3.8, 4) is 5.75 Å². The van der Waals surface area contributed by atoms with E-state index in [0.29, 0.717) is 0 Å². The highest BCUT2D eigenvalue weighted by atomic mass is 19.1. The van der Waals surface area contributed by atoms with E-state index in [1.165, 1.54) is 17.7 Å². The first-order valence-corrected chi connectivity index (χ1v) is 10.4. The van der Waals surface area contributed by atoms with Gasteiger partial charge in [0.1, 0.15) is 23.5 Å². The average molecular weight is 430 g/mol. The Morgan fingerprint density at radius 2 is 1.74 bits per heavy atom. The Hall–Kier alpha value is -2.71. The molecule has 1 aliphatic carbocycles. The highest BCUT2D eigenvalue weighted by molar-refractivity contribution is 5.89. The lowest BCUT2D eigenvalue weighted by atomic mass is 10.0. The fourth-order valence-electron chi connectivity index (χ4n) is 5.03. The summed E-state index contributed by atoms with van der Waals surface area (Å²) in [6, 6.07) is 10.3. The van der Waals surface area contributed by atoms with Gasteiger partial charge < -0.3 is 14.6 Å². The molecule has 0 radical (unpaired) electrons. The summed E-state index contributed by atoms with van der Waals surface area (Å²) in [5, 5.41) is 9.15. The molecule has 1 amide bonds. The molecule has 2 aromatic carbocycles. The zero-order valence-electron chi connectivity index (χ0n) is 17.1. The van der Waals surface area contributed by atoms with Crippen LogP contribution in [0.25, 0.3) is 0 Å². The van der Waals surface area contributed by atoms with Crippen LogP contribution in [0, 0.1) is 23.5 Å². The normalized spacial score (nSPS) is 27.4. The second kappa shape index (κ2) is 7.76. The molecule has 164 valence electrons. The van der Waals surface area contributed by atoms with Crippen LogP contribution in [0.3, 0.4) is 0 Å². The van der Waals surface area contributed by atoms with Crippen molar-refractivity contribution in [2.24, 2.45) is 11.8 Å². The lowest BCUT2D eigenvalue weighted by molar-refractivity contribution is 0.0963. The Morgan fingerprint density at radius 1 is 1.10 bits per heavy atom. The first kappa shape index (κ1) is 20.2. The van der Waals surface area contributed by atoms with Gasteiger partial charge in [-0.2, -0.15) is 0 Å². The Kier molecular flexibility index (Phi) is 5.06. The lowest BCUT2D eigenvalue weighted by Gasteiger charge is -2.21. The molecule has 0 aromatic heterocycles. The van der Waals surface area contributed by atoms with Crippen LogP contribution in [0.4, 0.5) is 19.3 Å². The molecule has 31 heavy (non-hydrogen) atoms. The molecule has 0 spiro atoms. The summed E-state index contributed by atoms with van der Waals surface area (Å²) >= 11 is 0. The molecular weight excluding hydrogens is 406 g/mol. The van der Waals surface area contributed by atoms with Crippen molar-refractivity contribution in [3.05, 3.63) is 59.2 Å². The molecule has 8 heteroatoms. The highest BCUT2D eigenvalue weighted by Crippen LogP contribution is 2.59. The summed E-state index contributed by atoms with van der Waals surface area (Å²) in [6.07, 6.45) is -1.39. The van der Waals surface area contributed by atoms with Gasteiger partial charge in [0.15, 0.2) is 0 Å². The highest BCUT2D eigenvalue weighted by Gasteiger charge is 2.57. The first-order chi connectivity index (χ1) is 15.0. The summed E-state index contributed by atoms with van der Waals surface area (Å²) < 4.78 is 39.9. The number of carbonyl (C=O) groups excluding carboxylic acids is 1. The van der Waals surface area contributed by atoms with Crippen molar-refractivity contribution in [1.82, 2.24) is 4.90 Å². The predicted octanol–water partition coefficient (Wildman–Crippen LogP) is 3.14. The number of hydrogen-bond donors (Lipinski definition) is 1. The number of aliphatic hydroxyl groups is 1. The molecule has 2 aliphatic heterocycles. The third-order valence-electron chi connectivity index (χ3n) is 6.62. The van der Waals surface area contributed by atoms with Crippen LogP contribution in [0.1, 0.15) is 17.0 Å². The number of amides is 1. The third-order valence-corrected chi connectivity index (χ3v) is 6.62. The Balaban J connectivity index is 1.25. The van der Waals surface area contributed by atoms with Gasteiger partial charge in [-0.3, -0.25) is 9.80 Å². The van der Waals surface area contributed by atoms with Gasteiger partial charge in [0.2, 0.25) is 0 Å². The van der Waals surface area contributed by atoms with Gasteiger partial charge in [-0.25, -0.2) is 13.6 Å². The van der Waals surface area contributed by atoms with Crippen LogP contribution in [-0.4, -0.2) is 55.6 Å². The molecule has 6 nitrogen and oxygen atoms in total. The number of methoxy groups -OCH3 is 1. The van der Waals surface area contributed by atoms with Gasteiger partial charge in [0, 0.05) is 25.2 Å². The minimum Gasteiger partial charge on any atom is -0.497 e. The molecule has 2 aromatic rings. The number of benzene rings is 2. The molecular formula is C23H24F2N2O4. The number of aliphatic hydroxyl groups excluding tert-OH is 1. The predicted molar refractivity (Wildman–Crippen MR) is 109 cm³/mol. The van der Waals surface area contributed by atoms with Crippen molar-refractivity contribution >= 4 is 11.8 Å². The number of carbonyl (C=O) groups is 1. The maximum atomic E-state index is 14.9. The number of rotatable bonds is 6. The van der Waals surface area contributed by atoms with Crippen molar-refractivity contribution < 1.29 is 28.2 Å². The van der Waals surface area contributed by atoms with Crippen LogP contribution < -0.4 is 9.64 Å². The number of likely N-dealkylation sites (tertiary alicyclic amines) is 1. The van der Waals surface area contributed by atoms with Crippen LogP contribution >= 0.6 is 0 Å². The molecule has 2 heterocycles. The van der Waals surface area contributed by atoms with Gasteiger partial charge in [0.05, 0.1) is 25.9 Å². The monoisotopic (exact) mass is 430 g/mol. The summed E-state index contributed by atoms with van der Waals surface area (Å²) in [4.78, 5) is 15.4. The molecule has 1 N–H and O–H groups in total. The second-order valence-corrected chi connectivity index (χ2v) is 8.52. The number of ether oxygens (including phenoxy) is 2. The summed E-state index contributed by atoms with van der Waals surface area (Å²) in [5.74, 6) is -0.0895. The van der Waals surface area contributed by atoms with Crippen molar-refractivity contribution in [2.75, 3.05) is 38.3 Å². The summed E-state index contributed by atoms with van der Waals surface area (Å²) in [6.45, 7) is 2.15. The average Bonchev–Trinajstić information content (AvgIpc) is 3.08. The van der Waals surface area contributed by atoms with Crippen LogP contribution in [0.2, 0.25) is 0 Å². The molecule has 3 fully saturated rings.